The van der Waals surface area contributed by atoms with Crippen LogP contribution in [-0.2, 0) is 9.09 Å². The lowest BCUT2D eigenvalue weighted by Crippen LogP contribution is -1.93. The zero-order valence-electron chi connectivity index (χ0n) is 7.73. The first kappa shape index (κ1) is 11.6. The lowest BCUT2D eigenvalue weighted by molar-refractivity contribution is 0.330. The number of hydrogen-bond acceptors (Lipinski definition) is 2. The molecule has 1 rings (SSSR count). The fourth-order valence-corrected chi connectivity index (χ4v) is 1.70. The smallest absolute Gasteiger partial charge is 0.294 e. The van der Waals surface area contributed by atoms with Gasteiger partial charge in [-0.1, -0.05) is 30.3 Å². The zero-order valence-corrected chi connectivity index (χ0v) is 9.38. The third kappa shape index (κ3) is 4.19. The van der Waals surface area contributed by atoms with Crippen LogP contribution in [0.1, 0.15) is 23.8 Å². The molecule has 0 fully saturated rings. The van der Waals surface area contributed by atoms with E-state index in [1.807, 2.05) is 30.3 Å². The molecule has 76 valence electrons. The highest BCUT2D eigenvalue weighted by Gasteiger charge is 2.06. The van der Waals surface area contributed by atoms with Gasteiger partial charge in [0.25, 0.3) is 0 Å². The second kappa shape index (κ2) is 6.94. The topological polar surface area (TPSA) is 26.3 Å². The molecule has 0 bridgehead atoms. The molecule has 14 heavy (non-hydrogen) atoms. The van der Waals surface area contributed by atoms with E-state index in [0.717, 1.165) is 18.4 Å². The minimum atomic E-state index is -0.255. The van der Waals surface area contributed by atoms with Crippen molar-refractivity contribution in [2.75, 3.05) is 6.61 Å². The first-order valence-corrected chi connectivity index (χ1v) is 5.65. The van der Waals surface area contributed by atoms with Crippen molar-refractivity contribution in [3.8, 4) is 0 Å². The standard InChI is InChI=1S/C10H12ClO2P/c11-10(7-4-8-13-14-12)9-5-2-1-3-6-9/h1-3,5-6,10H,4,7-8H2. The van der Waals surface area contributed by atoms with Crippen LogP contribution in [0.4, 0.5) is 0 Å². The second-order valence-electron chi connectivity index (χ2n) is 2.93. The van der Waals surface area contributed by atoms with Crippen LogP contribution in [0.3, 0.4) is 0 Å². The Morgan fingerprint density at radius 2 is 2.07 bits per heavy atom. The largest absolute Gasteiger partial charge is 0.327 e. The van der Waals surface area contributed by atoms with Crippen LogP contribution in [0, 0.1) is 0 Å². The molecule has 0 N–H and O–H groups in total. The van der Waals surface area contributed by atoms with Gasteiger partial charge < -0.3 is 0 Å². The maximum atomic E-state index is 9.96. The van der Waals surface area contributed by atoms with Crippen LogP contribution in [0.2, 0.25) is 0 Å². The third-order valence-corrected chi connectivity index (χ3v) is 2.67. The van der Waals surface area contributed by atoms with E-state index in [0.29, 0.717) is 6.61 Å². The summed E-state index contributed by atoms with van der Waals surface area (Å²) in [5.41, 5.74) is 1.12. The van der Waals surface area contributed by atoms with Crippen molar-refractivity contribution in [1.29, 1.82) is 0 Å². The SMILES string of the molecule is O=POCCCC(Cl)c1ccccc1. The third-order valence-electron chi connectivity index (χ3n) is 1.91. The van der Waals surface area contributed by atoms with Gasteiger partial charge in [0.05, 0.1) is 12.0 Å². The molecule has 0 aromatic heterocycles. The van der Waals surface area contributed by atoms with Gasteiger partial charge >= 0.3 is 8.69 Å². The first-order valence-electron chi connectivity index (χ1n) is 4.48. The molecule has 1 aromatic rings. The van der Waals surface area contributed by atoms with Crippen molar-refractivity contribution in [1.82, 2.24) is 0 Å². The van der Waals surface area contributed by atoms with E-state index in [4.69, 9.17) is 11.6 Å². The number of hydrogen-bond donors (Lipinski definition) is 0. The van der Waals surface area contributed by atoms with Gasteiger partial charge in [0.15, 0.2) is 0 Å². The summed E-state index contributed by atoms with van der Waals surface area (Å²) < 4.78 is 14.6. The average molecular weight is 231 g/mol. The maximum absolute atomic E-state index is 9.96. The molecule has 0 saturated carbocycles. The summed E-state index contributed by atoms with van der Waals surface area (Å²) in [6.45, 7) is 0.487. The summed E-state index contributed by atoms with van der Waals surface area (Å²) in [4.78, 5) is 0. The zero-order chi connectivity index (χ0) is 10.2. The fourth-order valence-electron chi connectivity index (χ4n) is 1.19. The van der Waals surface area contributed by atoms with Crippen LogP contribution in [0.25, 0.3) is 0 Å². The summed E-state index contributed by atoms with van der Waals surface area (Å²) in [5, 5.41) is 0.0168. The van der Waals surface area contributed by atoms with Gasteiger partial charge in [0.2, 0.25) is 0 Å². The van der Waals surface area contributed by atoms with Crippen molar-refractivity contribution in [2.24, 2.45) is 0 Å². The number of alkyl halides is 1. The normalized spacial score (nSPS) is 12.9. The first-order chi connectivity index (χ1) is 6.84. The van der Waals surface area contributed by atoms with Crippen LogP contribution < -0.4 is 0 Å². The van der Waals surface area contributed by atoms with Crippen molar-refractivity contribution in [2.45, 2.75) is 18.2 Å². The molecule has 1 atom stereocenters. The highest BCUT2D eigenvalue weighted by atomic mass is 35.5. The average Bonchev–Trinajstić information content (AvgIpc) is 2.25. The molecule has 0 heterocycles. The molecule has 1 unspecified atom stereocenters. The summed E-state index contributed by atoms with van der Waals surface area (Å²) in [6, 6.07) is 9.91. The highest BCUT2D eigenvalue weighted by Crippen LogP contribution is 2.25. The quantitative estimate of drug-likeness (QED) is 0.420. The summed E-state index contributed by atoms with van der Waals surface area (Å²) in [7, 11) is -0.255. The predicted octanol–water partition coefficient (Wildman–Crippen LogP) is 3.97. The van der Waals surface area contributed by atoms with Crippen LogP contribution in [0.5, 0.6) is 0 Å². The second-order valence-corrected chi connectivity index (χ2v) is 3.86. The summed E-state index contributed by atoms with van der Waals surface area (Å²) in [6.07, 6.45) is 1.65. The number of halogens is 1. The van der Waals surface area contributed by atoms with Crippen molar-refractivity contribution >= 4 is 20.3 Å². The van der Waals surface area contributed by atoms with E-state index >= 15 is 0 Å². The lowest BCUT2D eigenvalue weighted by Gasteiger charge is -2.08. The Bertz CT molecular complexity index is 266. The van der Waals surface area contributed by atoms with E-state index < -0.39 is 0 Å². The van der Waals surface area contributed by atoms with Gasteiger partial charge in [-0.25, -0.2) is 4.57 Å². The molecule has 0 spiro atoms. The Hall–Kier alpha value is -0.430. The van der Waals surface area contributed by atoms with Crippen molar-refractivity contribution < 1.29 is 9.09 Å². The molecular formula is C10H12ClO2P. The Balaban J connectivity index is 2.28. The molecule has 0 radical (unpaired) electrons. The minimum Gasteiger partial charge on any atom is -0.294 e. The molecule has 1 aromatic carbocycles. The Labute approximate surface area is 90.5 Å². The Morgan fingerprint density at radius 1 is 1.36 bits per heavy atom. The van der Waals surface area contributed by atoms with Crippen LogP contribution in [0.15, 0.2) is 30.3 Å². The van der Waals surface area contributed by atoms with E-state index in [-0.39, 0.29) is 14.1 Å². The molecule has 0 amide bonds. The summed E-state index contributed by atoms with van der Waals surface area (Å²) in [5.74, 6) is 0. The summed E-state index contributed by atoms with van der Waals surface area (Å²) >= 11 is 6.15. The van der Waals surface area contributed by atoms with Crippen molar-refractivity contribution in [3.05, 3.63) is 35.9 Å². The Morgan fingerprint density at radius 3 is 2.71 bits per heavy atom. The van der Waals surface area contributed by atoms with Crippen LogP contribution in [-0.4, -0.2) is 6.61 Å². The highest BCUT2D eigenvalue weighted by molar-refractivity contribution is 7.17. The monoisotopic (exact) mass is 230 g/mol. The minimum absolute atomic E-state index is 0.0168. The van der Waals surface area contributed by atoms with Gasteiger partial charge in [-0.3, -0.25) is 4.52 Å². The van der Waals surface area contributed by atoms with Gasteiger partial charge in [-0.2, -0.15) is 0 Å². The van der Waals surface area contributed by atoms with E-state index in [2.05, 4.69) is 4.52 Å². The molecule has 0 aliphatic carbocycles. The maximum Gasteiger partial charge on any atom is 0.327 e. The molecule has 0 saturated heterocycles. The number of rotatable bonds is 6. The molecule has 0 aliphatic rings. The van der Waals surface area contributed by atoms with E-state index in [1.165, 1.54) is 0 Å². The molecule has 0 aliphatic heterocycles. The fraction of sp³-hybridized carbons (Fsp3) is 0.400. The predicted molar refractivity (Wildman–Crippen MR) is 57.8 cm³/mol. The van der Waals surface area contributed by atoms with Crippen LogP contribution >= 0.6 is 20.3 Å². The Kier molecular flexibility index (Phi) is 5.77. The van der Waals surface area contributed by atoms with Gasteiger partial charge in [-0.05, 0) is 18.4 Å². The van der Waals surface area contributed by atoms with E-state index in [1.54, 1.807) is 0 Å². The lowest BCUT2D eigenvalue weighted by atomic mass is 10.1. The van der Waals surface area contributed by atoms with E-state index in [9.17, 15) is 4.57 Å². The molecular weight excluding hydrogens is 219 g/mol. The van der Waals surface area contributed by atoms with Gasteiger partial charge in [-0.15, -0.1) is 11.6 Å². The van der Waals surface area contributed by atoms with Gasteiger partial charge in [0.1, 0.15) is 0 Å². The van der Waals surface area contributed by atoms with Crippen molar-refractivity contribution in [3.63, 3.8) is 0 Å². The molecule has 2 nitrogen and oxygen atoms in total. The van der Waals surface area contributed by atoms with Gasteiger partial charge in [0, 0.05) is 0 Å². The number of benzene rings is 1. The molecule has 4 heteroatoms.